The van der Waals surface area contributed by atoms with Crippen molar-refractivity contribution in [3.63, 3.8) is 0 Å². The van der Waals surface area contributed by atoms with E-state index < -0.39 is 17.5 Å². The van der Waals surface area contributed by atoms with E-state index in [1.165, 1.54) is 0 Å². The molecule has 23 heavy (non-hydrogen) atoms. The zero-order chi connectivity index (χ0) is 16.5. The van der Waals surface area contributed by atoms with Gasteiger partial charge in [-0.3, -0.25) is 0 Å². The molecule has 3 atom stereocenters. The number of aliphatic hydroxyl groups is 1. The van der Waals surface area contributed by atoms with Gasteiger partial charge in [-0.1, -0.05) is 36.9 Å². The highest BCUT2D eigenvalue weighted by Crippen LogP contribution is 2.44. The maximum atomic E-state index is 10.4. The number of hydrogen-bond acceptors (Lipinski definition) is 4. The van der Waals surface area contributed by atoms with Crippen LogP contribution in [0.2, 0.25) is 0 Å². The van der Waals surface area contributed by atoms with Crippen LogP contribution < -0.4 is 0 Å². The predicted molar refractivity (Wildman–Crippen MR) is 87.9 cm³/mol. The van der Waals surface area contributed by atoms with E-state index in [0.717, 1.165) is 11.1 Å². The minimum Gasteiger partial charge on any atom is -0.389 e. The monoisotopic (exact) mass is 318 g/mol. The lowest BCUT2D eigenvalue weighted by atomic mass is 9.75. The standard InChI is InChI=1S/C19H26O4/c1-14-17(20)11-16(21-13-15-7-5-4-6-8-15)12-19(14)9-10-22-18(2,3)23-19/h4-8,16-17,20H,1,9-13H2,2-3H3/t16-,17-,19+/m0/s1. The Morgan fingerprint density at radius 3 is 2.74 bits per heavy atom. The summed E-state index contributed by atoms with van der Waals surface area (Å²) in [7, 11) is 0. The summed E-state index contributed by atoms with van der Waals surface area (Å²) in [5, 5.41) is 10.4. The quantitative estimate of drug-likeness (QED) is 0.870. The Hall–Kier alpha value is -1.20. The number of aliphatic hydroxyl groups excluding tert-OH is 1. The summed E-state index contributed by atoms with van der Waals surface area (Å²) in [5.41, 5.74) is 1.34. The highest BCUT2D eigenvalue weighted by molar-refractivity contribution is 5.23. The third-order valence-electron chi connectivity index (χ3n) is 4.76. The second-order valence-corrected chi connectivity index (χ2v) is 6.99. The van der Waals surface area contributed by atoms with Crippen LogP contribution >= 0.6 is 0 Å². The predicted octanol–water partition coefficient (Wildman–Crippen LogP) is 3.19. The van der Waals surface area contributed by atoms with Crippen LogP contribution in [0.4, 0.5) is 0 Å². The molecule has 1 aromatic rings. The Balaban J connectivity index is 1.70. The number of benzene rings is 1. The fourth-order valence-electron chi connectivity index (χ4n) is 3.57. The van der Waals surface area contributed by atoms with Crippen LogP contribution in [0.3, 0.4) is 0 Å². The van der Waals surface area contributed by atoms with E-state index in [1.54, 1.807) is 0 Å². The molecule has 0 aromatic heterocycles. The first-order valence-corrected chi connectivity index (χ1v) is 8.27. The van der Waals surface area contributed by atoms with E-state index in [0.29, 0.717) is 32.5 Å². The first kappa shape index (κ1) is 16.7. The Kier molecular flexibility index (Phi) is 4.61. The van der Waals surface area contributed by atoms with E-state index in [1.807, 2.05) is 44.2 Å². The summed E-state index contributed by atoms with van der Waals surface area (Å²) >= 11 is 0. The van der Waals surface area contributed by atoms with Gasteiger partial charge in [0, 0.05) is 19.3 Å². The van der Waals surface area contributed by atoms with Crippen LogP contribution in [0.1, 0.15) is 38.7 Å². The molecule has 1 saturated heterocycles. The average Bonchev–Trinajstić information content (AvgIpc) is 2.50. The zero-order valence-corrected chi connectivity index (χ0v) is 14.0. The summed E-state index contributed by atoms with van der Waals surface area (Å²) in [4.78, 5) is 0. The van der Waals surface area contributed by atoms with Gasteiger partial charge in [-0.2, -0.15) is 0 Å². The molecule has 126 valence electrons. The van der Waals surface area contributed by atoms with Crippen molar-refractivity contribution >= 4 is 0 Å². The van der Waals surface area contributed by atoms with Gasteiger partial charge in [0.05, 0.1) is 31.0 Å². The van der Waals surface area contributed by atoms with Crippen LogP contribution in [0.15, 0.2) is 42.5 Å². The van der Waals surface area contributed by atoms with Gasteiger partial charge in [0.25, 0.3) is 0 Å². The van der Waals surface area contributed by atoms with Gasteiger partial charge in [0.1, 0.15) is 0 Å². The van der Waals surface area contributed by atoms with Gasteiger partial charge < -0.3 is 19.3 Å². The molecule has 1 aliphatic heterocycles. The third kappa shape index (κ3) is 3.66. The third-order valence-corrected chi connectivity index (χ3v) is 4.76. The molecule has 1 heterocycles. The summed E-state index contributed by atoms with van der Waals surface area (Å²) in [6.07, 6.45) is 1.33. The molecule has 2 aliphatic rings. The normalized spacial score (nSPS) is 33.8. The SMILES string of the molecule is C=C1[C@@H](O)C[C@H](OCc2ccccc2)C[C@]12CCOC(C)(C)O2. The van der Waals surface area contributed by atoms with E-state index >= 15 is 0 Å². The Labute approximate surface area is 138 Å². The van der Waals surface area contributed by atoms with Crippen LogP contribution in [0.5, 0.6) is 0 Å². The molecule has 4 nitrogen and oxygen atoms in total. The lowest BCUT2D eigenvalue weighted by molar-refractivity contribution is -0.311. The van der Waals surface area contributed by atoms with Gasteiger partial charge in [-0.15, -0.1) is 0 Å². The molecule has 0 bridgehead atoms. The molecular formula is C19H26O4. The van der Waals surface area contributed by atoms with E-state index in [4.69, 9.17) is 14.2 Å². The van der Waals surface area contributed by atoms with Crippen molar-refractivity contribution in [2.24, 2.45) is 0 Å². The molecule has 4 heteroatoms. The second-order valence-electron chi connectivity index (χ2n) is 6.99. The Morgan fingerprint density at radius 2 is 2.04 bits per heavy atom. The topological polar surface area (TPSA) is 47.9 Å². The summed E-state index contributed by atoms with van der Waals surface area (Å²) in [5.74, 6) is -0.664. The number of hydrogen-bond donors (Lipinski definition) is 1. The number of rotatable bonds is 3. The summed E-state index contributed by atoms with van der Waals surface area (Å²) in [6.45, 7) is 9.06. The van der Waals surface area contributed by atoms with Gasteiger partial charge in [0.2, 0.25) is 0 Å². The van der Waals surface area contributed by atoms with E-state index in [2.05, 4.69) is 6.58 Å². The van der Waals surface area contributed by atoms with Gasteiger partial charge in [-0.05, 0) is 25.0 Å². The van der Waals surface area contributed by atoms with Crippen LogP contribution in [0, 0.1) is 0 Å². The lowest BCUT2D eigenvalue weighted by Gasteiger charge is -2.51. The molecule has 1 N–H and O–H groups in total. The Bertz CT molecular complexity index is 554. The van der Waals surface area contributed by atoms with Crippen molar-refractivity contribution < 1.29 is 19.3 Å². The minimum atomic E-state index is -0.664. The van der Waals surface area contributed by atoms with Gasteiger partial charge in [0.15, 0.2) is 5.79 Å². The molecule has 1 spiro atoms. The molecule has 1 aliphatic carbocycles. The molecule has 0 unspecified atom stereocenters. The molecule has 1 saturated carbocycles. The van der Waals surface area contributed by atoms with Crippen LogP contribution in [-0.2, 0) is 20.8 Å². The zero-order valence-electron chi connectivity index (χ0n) is 14.0. The maximum Gasteiger partial charge on any atom is 0.163 e. The van der Waals surface area contributed by atoms with Crippen LogP contribution in [0.25, 0.3) is 0 Å². The Morgan fingerprint density at radius 1 is 1.30 bits per heavy atom. The minimum absolute atomic E-state index is 0.0513. The lowest BCUT2D eigenvalue weighted by Crippen LogP contribution is -2.56. The molecular weight excluding hydrogens is 292 g/mol. The smallest absolute Gasteiger partial charge is 0.163 e. The van der Waals surface area contributed by atoms with Crippen molar-refractivity contribution in [1.29, 1.82) is 0 Å². The largest absolute Gasteiger partial charge is 0.389 e. The fourth-order valence-corrected chi connectivity index (χ4v) is 3.57. The molecule has 2 fully saturated rings. The molecule has 0 amide bonds. The van der Waals surface area contributed by atoms with Crippen molar-refractivity contribution in [2.75, 3.05) is 6.61 Å². The van der Waals surface area contributed by atoms with Crippen molar-refractivity contribution in [3.05, 3.63) is 48.0 Å². The summed E-state index contributed by atoms with van der Waals surface area (Å²) < 4.78 is 17.9. The first-order chi connectivity index (χ1) is 10.9. The average molecular weight is 318 g/mol. The number of ether oxygens (including phenoxy) is 3. The fraction of sp³-hybridized carbons (Fsp3) is 0.579. The van der Waals surface area contributed by atoms with Gasteiger partial charge in [-0.25, -0.2) is 0 Å². The van der Waals surface area contributed by atoms with Crippen LogP contribution in [-0.4, -0.2) is 35.3 Å². The van der Waals surface area contributed by atoms with E-state index in [9.17, 15) is 5.11 Å². The van der Waals surface area contributed by atoms with Crippen molar-refractivity contribution in [3.8, 4) is 0 Å². The summed E-state index contributed by atoms with van der Waals surface area (Å²) in [6, 6.07) is 10.1. The molecule has 0 radical (unpaired) electrons. The van der Waals surface area contributed by atoms with Crippen molar-refractivity contribution in [1.82, 2.24) is 0 Å². The molecule has 1 aromatic carbocycles. The second kappa shape index (κ2) is 6.36. The maximum absolute atomic E-state index is 10.4. The van der Waals surface area contributed by atoms with E-state index in [-0.39, 0.29) is 6.10 Å². The van der Waals surface area contributed by atoms with Crippen molar-refractivity contribution in [2.45, 2.75) is 63.3 Å². The van der Waals surface area contributed by atoms with Gasteiger partial charge >= 0.3 is 0 Å². The molecule has 3 rings (SSSR count). The highest BCUT2D eigenvalue weighted by atomic mass is 16.7. The first-order valence-electron chi connectivity index (χ1n) is 8.27. The highest BCUT2D eigenvalue weighted by Gasteiger charge is 2.50.